The number of ether oxygens (including phenoxy) is 1. The summed E-state index contributed by atoms with van der Waals surface area (Å²) in [5, 5.41) is 6.94. The van der Waals surface area contributed by atoms with Crippen LogP contribution >= 0.6 is 31.9 Å². The van der Waals surface area contributed by atoms with Gasteiger partial charge in [0.2, 0.25) is 0 Å². The monoisotopic (exact) mass is 415 g/mol. The zero-order valence-corrected chi connectivity index (χ0v) is 14.8. The van der Waals surface area contributed by atoms with E-state index >= 15 is 0 Å². The van der Waals surface area contributed by atoms with Crippen LogP contribution in [-0.4, -0.2) is 22.3 Å². The lowest BCUT2D eigenvalue weighted by molar-refractivity contribution is -0.118. The molecule has 2 aromatic rings. The molecule has 0 aliphatic rings. The molecule has 2 rings (SSSR count). The first-order chi connectivity index (χ1) is 9.97. The van der Waals surface area contributed by atoms with Crippen LogP contribution in [0, 0.1) is 0 Å². The highest BCUT2D eigenvalue weighted by atomic mass is 79.9. The summed E-state index contributed by atoms with van der Waals surface area (Å²) in [6.07, 6.45) is 1.65. The molecule has 0 unspecified atom stereocenters. The van der Waals surface area contributed by atoms with Gasteiger partial charge in [-0.1, -0.05) is 15.9 Å². The van der Waals surface area contributed by atoms with Crippen molar-refractivity contribution in [2.24, 2.45) is 0 Å². The fourth-order valence-electron chi connectivity index (χ4n) is 1.74. The number of nitrogens with one attached hydrogen (secondary N) is 1. The van der Waals surface area contributed by atoms with Gasteiger partial charge in [-0.3, -0.25) is 4.79 Å². The molecule has 1 heterocycles. The van der Waals surface area contributed by atoms with E-state index in [1.165, 1.54) is 0 Å². The fourth-order valence-corrected chi connectivity index (χ4v) is 2.90. The maximum absolute atomic E-state index is 11.9. The minimum atomic E-state index is -0.229. The average molecular weight is 417 g/mol. The van der Waals surface area contributed by atoms with Gasteiger partial charge in [0.25, 0.3) is 5.91 Å². The van der Waals surface area contributed by atoms with Crippen molar-refractivity contribution in [2.45, 2.75) is 19.9 Å². The molecule has 112 valence electrons. The van der Waals surface area contributed by atoms with Crippen molar-refractivity contribution in [3.05, 3.63) is 39.4 Å². The quantitative estimate of drug-likeness (QED) is 0.801. The standard InChI is InChI=1S/C14H15Br2N3O2/c1-9(2)19-13(5-6-17-19)18-14(20)8-21-12-4-3-10(15)7-11(12)16/h3-7,9H,8H2,1-2H3,(H,18,20). The lowest BCUT2D eigenvalue weighted by Crippen LogP contribution is -2.22. The molecule has 21 heavy (non-hydrogen) atoms. The Morgan fingerprint density at radius 1 is 1.38 bits per heavy atom. The summed E-state index contributed by atoms with van der Waals surface area (Å²) in [7, 11) is 0. The summed E-state index contributed by atoms with van der Waals surface area (Å²) in [6.45, 7) is 3.93. The summed E-state index contributed by atoms with van der Waals surface area (Å²) in [5.41, 5.74) is 0. The Morgan fingerprint density at radius 2 is 2.14 bits per heavy atom. The van der Waals surface area contributed by atoms with Crippen molar-refractivity contribution < 1.29 is 9.53 Å². The SMILES string of the molecule is CC(C)n1nccc1NC(=O)COc1ccc(Br)cc1Br. The summed E-state index contributed by atoms with van der Waals surface area (Å²) in [6, 6.07) is 7.44. The van der Waals surface area contributed by atoms with Crippen LogP contribution < -0.4 is 10.1 Å². The minimum absolute atomic E-state index is 0.0660. The molecule has 0 fully saturated rings. The number of anilines is 1. The molecule has 1 N–H and O–H groups in total. The topological polar surface area (TPSA) is 56.2 Å². The van der Waals surface area contributed by atoms with Gasteiger partial charge < -0.3 is 10.1 Å². The number of amides is 1. The Kier molecular flexibility index (Phi) is 5.41. The molecule has 0 aliphatic carbocycles. The molecule has 0 spiro atoms. The number of benzene rings is 1. The van der Waals surface area contributed by atoms with Crippen LogP contribution in [0.25, 0.3) is 0 Å². The van der Waals surface area contributed by atoms with E-state index in [-0.39, 0.29) is 18.6 Å². The van der Waals surface area contributed by atoms with Crippen LogP contribution in [0.4, 0.5) is 5.82 Å². The highest BCUT2D eigenvalue weighted by Gasteiger charge is 2.11. The Morgan fingerprint density at radius 3 is 2.81 bits per heavy atom. The number of hydrogen-bond acceptors (Lipinski definition) is 3. The molecule has 5 nitrogen and oxygen atoms in total. The summed E-state index contributed by atoms with van der Waals surface area (Å²) >= 11 is 6.75. The van der Waals surface area contributed by atoms with Gasteiger partial charge in [0.05, 0.1) is 10.7 Å². The van der Waals surface area contributed by atoms with Crippen molar-refractivity contribution in [3.63, 3.8) is 0 Å². The van der Waals surface area contributed by atoms with Gasteiger partial charge in [0.1, 0.15) is 11.6 Å². The van der Waals surface area contributed by atoms with Crippen molar-refractivity contribution in [3.8, 4) is 5.75 Å². The van der Waals surface area contributed by atoms with Crippen molar-refractivity contribution in [2.75, 3.05) is 11.9 Å². The predicted molar refractivity (Wildman–Crippen MR) is 88.6 cm³/mol. The number of carbonyl (C=O) groups excluding carboxylic acids is 1. The summed E-state index contributed by atoms with van der Waals surface area (Å²) < 4.78 is 8.96. The maximum atomic E-state index is 11.9. The predicted octanol–water partition coefficient (Wildman–Crippen LogP) is 4.01. The molecule has 7 heteroatoms. The molecule has 0 radical (unpaired) electrons. The van der Waals surface area contributed by atoms with Gasteiger partial charge in [0, 0.05) is 16.6 Å². The summed E-state index contributed by atoms with van der Waals surface area (Å²) in [4.78, 5) is 11.9. The van der Waals surface area contributed by atoms with E-state index in [9.17, 15) is 4.79 Å². The molecule has 0 saturated carbocycles. The number of hydrogen-bond donors (Lipinski definition) is 1. The van der Waals surface area contributed by atoms with Crippen LogP contribution in [0.2, 0.25) is 0 Å². The third kappa shape index (κ3) is 4.31. The first-order valence-corrected chi connectivity index (χ1v) is 7.97. The molecule has 0 saturated heterocycles. The molecule has 0 aliphatic heterocycles. The zero-order valence-electron chi connectivity index (χ0n) is 11.6. The van der Waals surface area contributed by atoms with Gasteiger partial charge in [0.15, 0.2) is 6.61 Å². The van der Waals surface area contributed by atoms with Crippen molar-refractivity contribution >= 4 is 43.6 Å². The Balaban J connectivity index is 1.94. The molecule has 1 aromatic carbocycles. The Hall–Kier alpha value is -1.34. The molecule has 0 bridgehead atoms. The number of aromatic nitrogens is 2. The van der Waals surface area contributed by atoms with E-state index < -0.39 is 0 Å². The van der Waals surface area contributed by atoms with Crippen molar-refractivity contribution in [1.82, 2.24) is 9.78 Å². The maximum Gasteiger partial charge on any atom is 0.263 e. The highest BCUT2D eigenvalue weighted by molar-refractivity contribution is 9.11. The van der Waals surface area contributed by atoms with E-state index in [0.29, 0.717) is 11.6 Å². The Bertz CT molecular complexity index is 641. The van der Waals surface area contributed by atoms with Crippen LogP contribution in [-0.2, 0) is 4.79 Å². The molecular formula is C14H15Br2N3O2. The first-order valence-electron chi connectivity index (χ1n) is 6.38. The Labute approximate surface area is 139 Å². The van der Waals surface area contributed by atoms with Crippen LogP contribution in [0.15, 0.2) is 39.4 Å². The molecule has 1 amide bonds. The average Bonchev–Trinajstić information content (AvgIpc) is 2.86. The largest absolute Gasteiger partial charge is 0.483 e. The lowest BCUT2D eigenvalue weighted by atomic mass is 10.3. The number of nitrogens with zero attached hydrogens (tertiary/aromatic N) is 2. The molecular weight excluding hydrogens is 402 g/mol. The van der Waals surface area contributed by atoms with Gasteiger partial charge in [-0.25, -0.2) is 4.68 Å². The van der Waals surface area contributed by atoms with E-state index in [1.807, 2.05) is 26.0 Å². The second-order valence-corrected chi connectivity index (χ2v) is 6.44. The number of rotatable bonds is 5. The highest BCUT2D eigenvalue weighted by Crippen LogP contribution is 2.28. The normalized spacial score (nSPS) is 10.7. The molecule has 0 atom stereocenters. The molecule has 1 aromatic heterocycles. The second kappa shape index (κ2) is 7.09. The third-order valence-electron chi connectivity index (χ3n) is 2.68. The van der Waals surface area contributed by atoms with Gasteiger partial charge >= 0.3 is 0 Å². The number of halogens is 2. The third-order valence-corrected chi connectivity index (χ3v) is 3.79. The van der Waals surface area contributed by atoms with Crippen LogP contribution in [0.5, 0.6) is 5.75 Å². The lowest BCUT2D eigenvalue weighted by Gasteiger charge is -2.12. The van der Waals surface area contributed by atoms with E-state index in [1.54, 1.807) is 23.0 Å². The fraction of sp³-hybridized carbons (Fsp3) is 0.286. The van der Waals surface area contributed by atoms with Crippen LogP contribution in [0.3, 0.4) is 0 Å². The van der Waals surface area contributed by atoms with E-state index in [2.05, 4.69) is 42.3 Å². The van der Waals surface area contributed by atoms with Crippen molar-refractivity contribution in [1.29, 1.82) is 0 Å². The van der Waals surface area contributed by atoms with Gasteiger partial charge in [-0.15, -0.1) is 0 Å². The first kappa shape index (κ1) is 16.0. The summed E-state index contributed by atoms with van der Waals surface area (Å²) in [5.74, 6) is 1.05. The second-order valence-electron chi connectivity index (χ2n) is 4.67. The van der Waals surface area contributed by atoms with E-state index in [0.717, 1.165) is 8.95 Å². The van der Waals surface area contributed by atoms with E-state index in [4.69, 9.17) is 4.74 Å². The number of carbonyl (C=O) groups is 1. The van der Waals surface area contributed by atoms with Gasteiger partial charge in [-0.05, 0) is 48.0 Å². The van der Waals surface area contributed by atoms with Crippen LogP contribution in [0.1, 0.15) is 19.9 Å². The van der Waals surface area contributed by atoms with Gasteiger partial charge in [-0.2, -0.15) is 5.10 Å². The zero-order chi connectivity index (χ0) is 15.4. The minimum Gasteiger partial charge on any atom is -0.483 e. The smallest absolute Gasteiger partial charge is 0.263 e.